The first-order valence-corrected chi connectivity index (χ1v) is 7.16. The van der Waals surface area contributed by atoms with Crippen LogP contribution < -0.4 is 21.7 Å². The van der Waals surface area contributed by atoms with Gasteiger partial charge in [-0.15, -0.1) is 0 Å². The molecule has 1 fully saturated rings. The van der Waals surface area contributed by atoms with Crippen molar-refractivity contribution in [3.05, 3.63) is 5.56 Å². The third-order valence-electron chi connectivity index (χ3n) is 3.41. The van der Waals surface area contributed by atoms with E-state index in [1.165, 1.54) is 0 Å². The van der Waals surface area contributed by atoms with Crippen molar-refractivity contribution in [2.45, 2.75) is 40.2 Å². The van der Waals surface area contributed by atoms with Crippen molar-refractivity contribution in [3.63, 3.8) is 0 Å². The third-order valence-corrected chi connectivity index (χ3v) is 3.41. The Hall–Kier alpha value is -1.56. The van der Waals surface area contributed by atoms with Crippen LogP contribution >= 0.6 is 0 Å². The van der Waals surface area contributed by atoms with Crippen LogP contribution in [0.15, 0.2) is 0 Å². The van der Waals surface area contributed by atoms with E-state index in [9.17, 15) is 0 Å². The molecule has 0 aromatic carbocycles. The predicted octanol–water partition coefficient (Wildman–Crippen LogP) is 1.03. The van der Waals surface area contributed by atoms with E-state index in [1.807, 2.05) is 0 Å². The van der Waals surface area contributed by atoms with Gasteiger partial charge in [-0.2, -0.15) is 9.97 Å². The molecule has 1 aliphatic rings. The van der Waals surface area contributed by atoms with Crippen LogP contribution in [0.4, 0.5) is 17.6 Å². The van der Waals surface area contributed by atoms with Gasteiger partial charge in [-0.25, -0.2) is 0 Å². The highest BCUT2D eigenvalue weighted by molar-refractivity contribution is 5.60. The second-order valence-electron chi connectivity index (χ2n) is 6.81. The lowest BCUT2D eigenvalue weighted by Crippen LogP contribution is -2.50. The summed E-state index contributed by atoms with van der Waals surface area (Å²) in [5.41, 5.74) is 13.0. The van der Waals surface area contributed by atoms with E-state index in [-0.39, 0.29) is 11.4 Å². The molecule has 1 aromatic heterocycles. The van der Waals surface area contributed by atoms with Gasteiger partial charge in [0.05, 0.1) is 0 Å². The number of nitrogens with zero attached hydrogens (tertiary/aromatic N) is 3. The van der Waals surface area contributed by atoms with Crippen molar-refractivity contribution in [2.24, 2.45) is 5.41 Å². The monoisotopic (exact) mass is 278 g/mol. The molecule has 0 spiro atoms. The van der Waals surface area contributed by atoms with E-state index in [0.717, 1.165) is 37.4 Å². The molecule has 0 bridgehead atoms. The molecule has 6 heteroatoms. The Labute approximate surface area is 121 Å². The summed E-state index contributed by atoms with van der Waals surface area (Å²) in [6, 6.07) is 0.434. The summed E-state index contributed by atoms with van der Waals surface area (Å²) in [5.74, 6) is 1.66. The van der Waals surface area contributed by atoms with Gasteiger partial charge in [0.15, 0.2) is 0 Å². The van der Waals surface area contributed by atoms with Gasteiger partial charge in [-0.1, -0.05) is 20.8 Å². The minimum absolute atomic E-state index is 0.127. The van der Waals surface area contributed by atoms with Gasteiger partial charge in [0.25, 0.3) is 0 Å². The molecule has 0 aliphatic carbocycles. The third kappa shape index (κ3) is 3.50. The summed E-state index contributed by atoms with van der Waals surface area (Å²) in [5, 5.41) is 3.43. The smallest absolute Gasteiger partial charge is 0.223 e. The largest absolute Gasteiger partial charge is 0.383 e. The quantitative estimate of drug-likeness (QED) is 0.748. The molecule has 2 rings (SSSR count). The van der Waals surface area contributed by atoms with Gasteiger partial charge in [-0.3, -0.25) is 0 Å². The number of hydrogen-bond acceptors (Lipinski definition) is 6. The lowest BCUT2D eigenvalue weighted by molar-refractivity contribution is 0.409. The lowest BCUT2D eigenvalue weighted by atomic mass is 9.88. The Balaban J connectivity index is 2.39. The van der Waals surface area contributed by atoms with E-state index in [1.54, 1.807) is 0 Å². The summed E-state index contributed by atoms with van der Waals surface area (Å²) in [7, 11) is 0. The molecule has 2 heterocycles. The van der Waals surface area contributed by atoms with Crippen LogP contribution in [0.3, 0.4) is 0 Å². The number of nitrogens with one attached hydrogen (secondary N) is 1. The average molecular weight is 278 g/mol. The molecule has 20 heavy (non-hydrogen) atoms. The van der Waals surface area contributed by atoms with E-state index in [2.05, 4.69) is 47.9 Å². The van der Waals surface area contributed by atoms with Gasteiger partial charge < -0.3 is 21.7 Å². The van der Waals surface area contributed by atoms with Crippen molar-refractivity contribution >= 4 is 17.6 Å². The minimum atomic E-state index is 0.127. The molecule has 112 valence electrons. The summed E-state index contributed by atoms with van der Waals surface area (Å²) in [4.78, 5) is 10.9. The molecular weight excluding hydrogens is 252 g/mol. The van der Waals surface area contributed by atoms with Crippen LogP contribution in [-0.4, -0.2) is 35.6 Å². The number of nitrogens with two attached hydrogens (primary N) is 2. The maximum Gasteiger partial charge on any atom is 0.223 e. The Morgan fingerprint density at radius 3 is 2.60 bits per heavy atom. The zero-order valence-electron chi connectivity index (χ0n) is 12.9. The molecule has 1 aromatic rings. The zero-order chi connectivity index (χ0) is 14.9. The first-order chi connectivity index (χ1) is 9.26. The summed E-state index contributed by atoms with van der Waals surface area (Å²) in [6.07, 6.45) is 0.840. The van der Waals surface area contributed by atoms with Crippen LogP contribution in [0, 0.1) is 5.41 Å². The second-order valence-corrected chi connectivity index (χ2v) is 6.81. The van der Waals surface area contributed by atoms with E-state index in [0.29, 0.717) is 11.9 Å². The van der Waals surface area contributed by atoms with Crippen LogP contribution in [0.25, 0.3) is 0 Å². The number of rotatable bonds is 2. The van der Waals surface area contributed by atoms with Gasteiger partial charge >= 0.3 is 0 Å². The minimum Gasteiger partial charge on any atom is -0.383 e. The molecule has 6 nitrogen and oxygen atoms in total. The molecule has 5 N–H and O–H groups in total. The molecule has 0 unspecified atom stereocenters. The van der Waals surface area contributed by atoms with E-state index < -0.39 is 0 Å². The van der Waals surface area contributed by atoms with Crippen LogP contribution in [-0.2, 0) is 6.42 Å². The highest BCUT2D eigenvalue weighted by Crippen LogP contribution is 2.31. The Morgan fingerprint density at radius 2 is 2.00 bits per heavy atom. The van der Waals surface area contributed by atoms with Crippen molar-refractivity contribution in [1.82, 2.24) is 15.3 Å². The van der Waals surface area contributed by atoms with Gasteiger partial charge in [0.2, 0.25) is 5.95 Å². The Bertz CT molecular complexity index is 479. The Morgan fingerprint density at radius 1 is 1.30 bits per heavy atom. The number of nitrogen functional groups attached to an aromatic ring is 2. The molecule has 0 radical (unpaired) electrons. The van der Waals surface area contributed by atoms with E-state index >= 15 is 0 Å². The first-order valence-electron chi connectivity index (χ1n) is 7.16. The van der Waals surface area contributed by atoms with Crippen LogP contribution in [0.2, 0.25) is 0 Å². The zero-order valence-corrected chi connectivity index (χ0v) is 12.9. The standard InChI is InChI=1S/C14H26N6/c1-9-8-20(6-5-17-9)12-10(7-14(2,3)4)11(15)18-13(16)19-12/h9,17H,5-8H2,1-4H3,(H4,15,16,18,19)/t9-/m0/s1. The van der Waals surface area contributed by atoms with Crippen LogP contribution in [0.1, 0.15) is 33.3 Å². The summed E-state index contributed by atoms with van der Waals surface area (Å²) >= 11 is 0. The van der Waals surface area contributed by atoms with Gasteiger partial charge in [0.1, 0.15) is 11.6 Å². The fraction of sp³-hybridized carbons (Fsp3) is 0.714. The Kier molecular flexibility index (Phi) is 4.04. The fourth-order valence-corrected chi connectivity index (χ4v) is 2.59. The van der Waals surface area contributed by atoms with E-state index in [4.69, 9.17) is 11.5 Å². The van der Waals surface area contributed by atoms with Crippen molar-refractivity contribution in [1.29, 1.82) is 0 Å². The molecule has 1 atom stereocenters. The van der Waals surface area contributed by atoms with Crippen molar-refractivity contribution < 1.29 is 0 Å². The van der Waals surface area contributed by atoms with Crippen molar-refractivity contribution in [3.8, 4) is 0 Å². The van der Waals surface area contributed by atoms with Gasteiger partial charge in [0, 0.05) is 31.2 Å². The molecule has 1 aliphatic heterocycles. The fourth-order valence-electron chi connectivity index (χ4n) is 2.59. The lowest BCUT2D eigenvalue weighted by Gasteiger charge is -2.35. The molecular formula is C14H26N6. The first kappa shape index (κ1) is 14.8. The summed E-state index contributed by atoms with van der Waals surface area (Å²) in [6.45, 7) is 11.5. The predicted molar refractivity (Wildman–Crippen MR) is 83.7 cm³/mol. The number of anilines is 3. The van der Waals surface area contributed by atoms with Gasteiger partial charge in [-0.05, 0) is 18.8 Å². The average Bonchev–Trinajstić information content (AvgIpc) is 2.31. The highest BCUT2D eigenvalue weighted by Gasteiger charge is 2.25. The molecule has 1 saturated heterocycles. The van der Waals surface area contributed by atoms with Crippen LogP contribution in [0.5, 0.6) is 0 Å². The topological polar surface area (TPSA) is 93.1 Å². The number of hydrogen-bond donors (Lipinski definition) is 3. The molecule has 0 saturated carbocycles. The SMILES string of the molecule is C[C@H]1CN(c2nc(N)nc(N)c2CC(C)(C)C)CCN1. The second kappa shape index (κ2) is 5.44. The maximum absolute atomic E-state index is 6.10. The maximum atomic E-state index is 6.10. The molecule has 0 amide bonds. The summed E-state index contributed by atoms with van der Waals surface area (Å²) < 4.78 is 0. The highest BCUT2D eigenvalue weighted by atomic mass is 15.3. The number of aromatic nitrogens is 2. The normalized spacial score (nSPS) is 20.2. The number of piperazine rings is 1. The van der Waals surface area contributed by atoms with Crippen molar-refractivity contribution in [2.75, 3.05) is 36.0 Å².